The first-order valence-electron chi connectivity index (χ1n) is 11.2. The molecule has 0 N–H and O–H groups in total. The fourth-order valence-electron chi connectivity index (χ4n) is 5.17. The molecule has 0 aromatic heterocycles. The Balaban J connectivity index is 1.38. The number of hydrogen-bond acceptors (Lipinski definition) is 5. The van der Waals surface area contributed by atoms with E-state index in [1.807, 2.05) is 23.1 Å². The largest absolute Gasteiger partial charge is 0.369 e. The van der Waals surface area contributed by atoms with E-state index in [-0.39, 0.29) is 29.5 Å². The summed E-state index contributed by atoms with van der Waals surface area (Å²) in [5.74, 6) is 0.463. The van der Waals surface area contributed by atoms with Crippen LogP contribution >= 0.6 is 11.6 Å². The summed E-state index contributed by atoms with van der Waals surface area (Å²) >= 11 is 6.12. The van der Waals surface area contributed by atoms with E-state index in [0.717, 1.165) is 62.6 Å². The molecule has 2 saturated heterocycles. The molecular formula is C22H32ClN3O3S. The number of nitrogens with zero attached hydrogens (tertiary/aromatic N) is 3. The average Bonchev–Trinajstić information content (AvgIpc) is 3.08. The summed E-state index contributed by atoms with van der Waals surface area (Å²) in [6, 6.07) is 7.95. The van der Waals surface area contributed by atoms with Crippen LogP contribution in [0.1, 0.15) is 38.5 Å². The molecule has 4 rings (SSSR count). The molecule has 1 saturated carbocycles. The van der Waals surface area contributed by atoms with Gasteiger partial charge in [-0.25, -0.2) is 8.42 Å². The first-order valence-corrected chi connectivity index (χ1v) is 13.4. The summed E-state index contributed by atoms with van der Waals surface area (Å²) < 4.78 is 24.1. The Bertz CT molecular complexity index is 849. The Hall–Kier alpha value is -1.31. The average molecular weight is 454 g/mol. The Morgan fingerprint density at radius 2 is 1.77 bits per heavy atom. The summed E-state index contributed by atoms with van der Waals surface area (Å²) in [5, 5.41) is 0.736. The van der Waals surface area contributed by atoms with E-state index in [1.54, 1.807) is 0 Å². The second kappa shape index (κ2) is 9.45. The minimum Gasteiger partial charge on any atom is -0.369 e. The van der Waals surface area contributed by atoms with E-state index in [9.17, 15) is 13.2 Å². The molecule has 30 heavy (non-hydrogen) atoms. The van der Waals surface area contributed by atoms with Gasteiger partial charge < -0.3 is 9.80 Å². The topological polar surface area (TPSA) is 60.9 Å². The second-order valence-electron chi connectivity index (χ2n) is 8.89. The van der Waals surface area contributed by atoms with Crippen molar-refractivity contribution in [2.75, 3.05) is 49.1 Å². The van der Waals surface area contributed by atoms with Crippen LogP contribution in [0.25, 0.3) is 0 Å². The summed E-state index contributed by atoms with van der Waals surface area (Å²) in [6.45, 7) is 3.74. The van der Waals surface area contributed by atoms with Crippen molar-refractivity contribution in [3.8, 4) is 0 Å². The Morgan fingerprint density at radius 1 is 1.03 bits per heavy atom. The van der Waals surface area contributed by atoms with Crippen molar-refractivity contribution in [3.63, 3.8) is 0 Å². The van der Waals surface area contributed by atoms with Gasteiger partial charge in [0.1, 0.15) is 0 Å². The van der Waals surface area contributed by atoms with Gasteiger partial charge in [0, 0.05) is 49.0 Å². The van der Waals surface area contributed by atoms with Crippen LogP contribution in [0.15, 0.2) is 24.3 Å². The van der Waals surface area contributed by atoms with Gasteiger partial charge in [-0.3, -0.25) is 9.69 Å². The number of carbonyl (C=O) groups excluding carboxylic acids is 1. The number of amides is 1. The maximum atomic E-state index is 13.4. The van der Waals surface area contributed by atoms with Crippen LogP contribution in [0.4, 0.5) is 5.69 Å². The van der Waals surface area contributed by atoms with Crippen molar-refractivity contribution in [1.29, 1.82) is 0 Å². The van der Waals surface area contributed by atoms with E-state index < -0.39 is 9.84 Å². The molecule has 0 bridgehead atoms. The zero-order valence-electron chi connectivity index (χ0n) is 17.5. The van der Waals surface area contributed by atoms with E-state index in [1.165, 1.54) is 6.42 Å². The molecule has 0 spiro atoms. The molecule has 166 valence electrons. The van der Waals surface area contributed by atoms with E-state index in [2.05, 4.69) is 15.9 Å². The van der Waals surface area contributed by atoms with Gasteiger partial charge in [-0.1, -0.05) is 36.9 Å². The number of piperazine rings is 1. The Labute approximate surface area is 185 Å². The molecule has 1 amide bonds. The number of anilines is 1. The molecule has 1 atom stereocenters. The van der Waals surface area contributed by atoms with Crippen LogP contribution in [0.2, 0.25) is 5.02 Å². The minimum atomic E-state index is -3.01. The molecule has 2 aliphatic heterocycles. The number of sulfone groups is 1. The van der Waals surface area contributed by atoms with E-state index in [4.69, 9.17) is 11.6 Å². The number of hydrogen-bond donors (Lipinski definition) is 0. The minimum absolute atomic E-state index is 0.111. The van der Waals surface area contributed by atoms with Gasteiger partial charge in [0.05, 0.1) is 18.1 Å². The van der Waals surface area contributed by atoms with Gasteiger partial charge in [0.15, 0.2) is 9.84 Å². The highest BCUT2D eigenvalue weighted by atomic mass is 35.5. The summed E-state index contributed by atoms with van der Waals surface area (Å²) in [7, 11) is -3.01. The number of carbonyl (C=O) groups is 1. The third-order valence-electron chi connectivity index (χ3n) is 6.76. The van der Waals surface area contributed by atoms with Crippen molar-refractivity contribution in [3.05, 3.63) is 29.3 Å². The molecule has 1 aliphatic carbocycles. The summed E-state index contributed by atoms with van der Waals surface area (Å²) in [6.07, 6.45) is 6.08. The molecule has 1 unspecified atom stereocenters. The zero-order chi connectivity index (χ0) is 21.1. The van der Waals surface area contributed by atoms with Crippen LogP contribution < -0.4 is 4.90 Å². The fraction of sp³-hybridized carbons (Fsp3) is 0.682. The molecule has 8 heteroatoms. The molecule has 6 nitrogen and oxygen atoms in total. The van der Waals surface area contributed by atoms with Gasteiger partial charge in [-0.15, -0.1) is 0 Å². The van der Waals surface area contributed by atoms with Gasteiger partial charge >= 0.3 is 0 Å². The predicted octanol–water partition coefficient (Wildman–Crippen LogP) is 2.81. The molecule has 2 heterocycles. The monoisotopic (exact) mass is 453 g/mol. The van der Waals surface area contributed by atoms with Crippen LogP contribution in [0.3, 0.4) is 0 Å². The lowest BCUT2D eigenvalue weighted by molar-refractivity contribution is -0.137. The van der Waals surface area contributed by atoms with Crippen LogP contribution in [0, 0.1) is 0 Å². The van der Waals surface area contributed by atoms with Crippen LogP contribution in [-0.4, -0.2) is 80.4 Å². The lowest BCUT2D eigenvalue weighted by Crippen LogP contribution is -2.54. The quantitative estimate of drug-likeness (QED) is 0.686. The Morgan fingerprint density at radius 3 is 2.40 bits per heavy atom. The number of rotatable bonds is 5. The molecule has 3 fully saturated rings. The first kappa shape index (κ1) is 21.9. The van der Waals surface area contributed by atoms with E-state index in [0.29, 0.717) is 13.0 Å². The highest BCUT2D eigenvalue weighted by Gasteiger charge is 2.39. The van der Waals surface area contributed by atoms with Crippen molar-refractivity contribution < 1.29 is 13.2 Å². The maximum Gasteiger partial charge on any atom is 0.237 e. The number of benzene rings is 1. The summed E-state index contributed by atoms with van der Waals surface area (Å²) in [5.41, 5.74) is 1.12. The highest BCUT2D eigenvalue weighted by Crippen LogP contribution is 2.29. The van der Waals surface area contributed by atoms with Crippen molar-refractivity contribution in [1.82, 2.24) is 9.80 Å². The van der Waals surface area contributed by atoms with Crippen molar-refractivity contribution in [2.45, 2.75) is 50.6 Å². The lowest BCUT2D eigenvalue weighted by Gasteiger charge is -2.41. The normalized spacial score (nSPS) is 25.4. The van der Waals surface area contributed by atoms with Gasteiger partial charge in [-0.05, 0) is 37.5 Å². The summed E-state index contributed by atoms with van der Waals surface area (Å²) in [4.78, 5) is 19.9. The SMILES string of the molecule is O=C(CN1CCN(c2cccc(Cl)c2)CC1)N(C1CCCCC1)C1CCS(=O)(=O)C1. The van der Waals surface area contributed by atoms with Gasteiger partial charge in [0.2, 0.25) is 5.91 Å². The fourth-order valence-corrected chi connectivity index (χ4v) is 7.07. The Kier molecular flexibility index (Phi) is 6.90. The van der Waals surface area contributed by atoms with Crippen molar-refractivity contribution in [2.24, 2.45) is 0 Å². The van der Waals surface area contributed by atoms with E-state index >= 15 is 0 Å². The highest BCUT2D eigenvalue weighted by molar-refractivity contribution is 7.91. The van der Waals surface area contributed by atoms with Gasteiger partial charge in [-0.2, -0.15) is 0 Å². The maximum absolute atomic E-state index is 13.4. The van der Waals surface area contributed by atoms with Crippen LogP contribution in [-0.2, 0) is 14.6 Å². The van der Waals surface area contributed by atoms with Crippen LogP contribution in [0.5, 0.6) is 0 Å². The second-order valence-corrected chi connectivity index (χ2v) is 11.6. The van der Waals surface area contributed by atoms with Gasteiger partial charge in [0.25, 0.3) is 0 Å². The predicted molar refractivity (Wildman–Crippen MR) is 121 cm³/mol. The van der Waals surface area contributed by atoms with Crippen molar-refractivity contribution >= 4 is 33.0 Å². The lowest BCUT2D eigenvalue weighted by atomic mass is 9.92. The molecule has 0 radical (unpaired) electrons. The third kappa shape index (κ3) is 5.29. The zero-order valence-corrected chi connectivity index (χ0v) is 19.1. The molecule has 3 aliphatic rings. The molecular weight excluding hydrogens is 422 g/mol. The number of halogens is 1. The smallest absolute Gasteiger partial charge is 0.237 e. The molecule has 1 aromatic carbocycles. The first-order chi connectivity index (χ1) is 14.4. The third-order valence-corrected chi connectivity index (χ3v) is 8.75. The molecule has 1 aromatic rings. The standard InChI is InChI=1S/C22H32ClN3O3S/c23-18-5-4-8-20(15-18)25-12-10-24(11-13-25)16-22(27)26(19-6-2-1-3-7-19)21-9-14-30(28,29)17-21/h4-5,8,15,19,21H,1-3,6-7,9-14,16-17H2.